The van der Waals surface area contributed by atoms with E-state index in [1.54, 1.807) is 6.07 Å². The van der Waals surface area contributed by atoms with Crippen LogP contribution in [0.1, 0.15) is 6.92 Å². The van der Waals surface area contributed by atoms with Crippen molar-refractivity contribution in [1.29, 1.82) is 0 Å². The van der Waals surface area contributed by atoms with Crippen LogP contribution in [0.3, 0.4) is 0 Å². The molecule has 0 saturated heterocycles. The van der Waals surface area contributed by atoms with Crippen molar-refractivity contribution >= 4 is 35.1 Å². The molecule has 18 heavy (non-hydrogen) atoms. The summed E-state index contributed by atoms with van der Waals surface area (Å²) in [5, 5.41) is 18.0. The van der Waals surface area contributed by atoms with Gasteiger partial charge in [-0.1, -0.05) is 23.2 Å². The molecule has 0 aliphatic rings. The number of benzene rings is 1. The second kappa shape index (κ2) is 10.5. The number of hydrogen-bond acceptors (Lipinski definition) is 4. The van der Waals surface area contributed by atoms with Crippen molar-refractivity contribution in [3.63, 3.8) is 0 Å². The van der Waals surface area contributed by atoms with Crippen LogP contribution in [0.4, 0.5) is 0 Å². The van der Waals surface area contributed by atoms with Gasteiger partial charge in [0.25, 0.3) is 0 Å². The Morgan fingerprint density at radius 2 is 1.89 bits per heavy atom. The third kappa shape index (κ3) is 10.7. The smallest absolute Gasteiger partial charge is 0.550 e. The maximum Gasteiger partial charge on any atom is 1.00 e. The number of halogens is 2. The van der Waals surface area contributed by atoms with Crippen molar-refractivity contribution in [3.8, 4) is 5.75 Å². The molecule has 8 heteroatoms. The van der Waals surface area contributed by atoms with E-state index in [4.69, 9.17) is 42.9 Å². The Morgan fingerprint density at radius 1 is 1.39 bits per heavy atom. The number of aliphatic carboxylic acids is 2. The predicted octanol–water partition coefficient (Wildman–Crippen LogP) is -1.78. The van der Waals surface area contributed by atoms with Gasteiger partial charge in [-0.15, -0.1) is 0 Å². The molecule has 0 bridgehead atoms. The molecule has 5 nitrogen and oxygen atoms in total. The Labute approximate surface area is 136 Å². The average molecular weight is 303 g/mol. The van der Waals surface area contributed by atoms with Crippen LogP contribution in [-0.4, -0.2) is 23.7 Å². The van der Waals surface area contributed by atoms with Crippen LogP contribution in [0.5, 0.6) is 5.75 Å². The molecule has 94 valence electrons. The van der Waals surface area contributed by atoms with Gasteiger partial charge in [-0.05, 0) is 25.1 Å². The zero-order valence-corrected chi connectivity index (χ0v) is 13.3. The zero-order chi connectivity index (χ0) is 13.4. The standard InChI is InChI=1S/C8H6Cl2O3.C2H4O2.Na/c9-5-1-2-7(6(10)3-5)13-4-8(11)12;1-2(3)4;/h1-3H,4H2,(H,11,12);1H3,(H,3,4);/q;;+1/p-1. The number of carboxylic acids is 2. The van der Waals surface area contributed by atoms with E-state index in [9.17, 15) is 4.79 Å². The van der Waals surface area contributed by atoms with Gasteiger partial charge < -0.3 is 19.7 Å². The Balaban J connectivity index is 0. The molecular formula is C10H9Cl2NaO5. The molecule has 1 rings (SSSR count). The normalized spacial score (nSPS) is 8.39. The van der Waals surface area contributed by atoms with Gasteiger partial charge in [-0.25, -0.2) is 4.79 Å². The molecule has 0 amide bonds. The summed E-state index contributed by atoms with van der Waals surface area (Å²) in [7, 11) is 0. The fourth-order valence-corrected chi connectivity index (χ4v) is 1.19. The van der Waals surface area contributed by atoms with Crippen LogP contribution in [0, 0.1) is 0 Å². The van der Waals surface area contributed by atoms with Crippen LogP contribution in [-0.2, 0) is 9.59 Å². The van der Waals surface area contributed by atoms with Gasteiger partial charge in [-0.2, -0.15) is 0 Å². The number of ether oxygens (including phenoxy) is 1. The molecule has 0 saturated carbocycles. The van der Waals surface area contributed by atoms with Gasteiger partial charge in [-0.3, -0.25) is 0 Å². The van der Waals surface area contributed by atoms with Gasteiger partial charge in [0, 0.05) is 11.0 Å². The fourth-order valence-electron chi connectivity index (χ4n) is 0.732. The van der Waals surface area contributed by atoms with E-state index in [1.807, 2.05) is 0 Å². The Bertz CT molecular complexity index is 407. The first-order valence-electron chi connectivity index (χ1n) is 4.30. The van der Waals surface area contributed by atoms with Gasteiger partial charge in [0.2, 0.25) is 0 Å². The summed E-state index contributed by atoms with van der Waals surface area (Å²) < 4.78 is 4.86. The van der Waals surface area contributed by atoms with Gasteiger partial charge in [0.1, 0.15) is 5.75 Å². The quantitative estimate of drug-likeness (QED) is 0.667. The van der Waals surface area contributed by atoms with E-state index in [1.165, 1.54) is 12.1 Å². The molecule has 1 aromatic rings. The summed E-state index contributed by atoms with van der Waals surface area (Å²) in [5.74, 6) is -1.82. The van der Waals surface area contributed by atoms with E-state index in [2.05, 4.69) is 0 Å². The SMILES string of the molecule is CC(=O)[O-].O=C(O)COc1ccc(Cl)cc1Cl.[Na+]. The molecule has 0 heterocycles. The fraction of sp³-hybridized carbons (Fsp3) is 0.200. The molecule has 0 aromatic heterocycles. The first-order valence-corrected chi connectivity index (χ1v) is 5.05. The van der Waals surface area contributed by atoms with Crippen molar-refractivity contribution < 1.29 is 54.1 Å². The summed E-state index contributed by atoms with van der Waals surface area (Å²) in [5.41, 5.74) is 0. The largest absolute Gasteiger partial charge is 1.00 e. The number of carboxylic acid groups (broad SMARTS) is 2. The van der Waals surface area contributed by atoms with E-state index >= 15 is 0 Å². The molecule has 0 aliphatic carbocycles. The Morgan fingerprint density at radius 3 is 2.28 bits per heavy atom. The molecule has 0 fully saturated rings. The minimum Gasteiger partial charge on any atom is -0.550 e. The number of rotatable bonds is 3. The van der Waals surface area contributed by atoms with E-state index in [-0.39, 0.29) is 29.6 Å². The van der Waals surface area contributed by atoms with Crippen molar-refractivity contribution in [3.05, 3.63) is 28.2 Å². The molecule has 0 unspecified atom stereocenters. The monoisotopic (exact) mass is 302 g/mol. The van der Waals surface area contributed by atoms with Crippen LogP contribution in [0.15, 0.2) is 18.2 Å². The third-order valence-corrected chi connectivity index (χ3v) is 1.78. The molecule has 0 atom stereocenters. The first kappa shape index (κ1) is 19.9. The molecule has 0 aliphatic heterocycles. The predicted molar refractivity (Wildman–Crippen MR) is 60.3 cm³/mol. The van der Waals surface area contributed by atoms with Crippen molar-refractivity contribution in [2.45, 2.75) is 6.92 Å². The number of hydrogen-bond donors (Lipinski definition) is 1. The maximum absolute atomic E-state index is 10.2. The van der Waals surface area contributed by atoms with E-state index in [0.29, 0.717) is 15.8 Å². The van der Waals surface area contributed by atoms with Crippen molar-refractivity contribution in [2.75, 3.05) is 6.61 Å². The molecule has 0 spiro atoms. The van der Waals surface area contributed by atoms with Crippen LogP contribution >= 0.6 is 23.2 Å². The van der Waals surface area contributed by atoms with Gasteiger partial charge in [0.15, 0.2) is 6.61 Å². The molecule has 1 N–H and O–H groups in total. The first-order chi connectivity index (χ1) is 7.82. The minimum absolute atomic E-state index is 0. The Hall–Kier alpha value is -0.460. The summed E-state index contributed by atoms with van der Waals surface area (Å²) in [6, 6.07) is 4.58. The summed E-state index contributed by atoms with van der Waals surface area (Å²) in [6.45, 7) is 0.557. The minimum atomic E-state index is -1.08. The molecule has 1 aromatic carbocycles. The van der Waals surface area contributed by atoms with Crippen LogP contribution < -0.4 is 39.4 Å². The number of carbonyl (C=O) groups is 2. The third-order valence-electron chi connectivity index (χ3n) is 1.25. The van der Waals surface area contributed by atoms with Crippen molar-refractivity contribution in [1.82, 2.24) is 0 Å². The topological polar surface area (TPSA) is 86.7 Å². The number of carbonyl (C=O) groups excluding carboxylic acids is 1. The maximum atomic E-state index is 10.2. The second-order valence-corrected chi connectivity index (χ2v) is 3.59. The molecule has 0 radical (unpaired) electrons. The van der Waals surface area contributed by atoms with Crippen molar-refractivity contribution in [2.24, 2.45) is 0 Å². The van der Waals surface area contributed by atoms with E-state index < -0.39 is 18.5 Å². The Kier molecular flexibility index (Phi) is 11.5. The summed E-state index contributed by atoms with van der Waals surface area (Å²) in [6.07, 6.45) is 0. The summed E-state index contributed by atoms with van der Waals surface area (Å²) >= 11 is 11.3. The van der Waals surface area contributed by atoms with Crippen LogP contribution in [0.25, 0.3) is 0 Å². The van der Waals surface area contributed by atoms with Gasteiger partial charge in [0.05, 0.1) is 5.02 Å². The second-order valence-electron chi connectivity index (χ2n) is 2.75. The molecular weight excluding hydrogens is 294 g/mol. The van der Waals surface area contributed by atoms with Gasteiger partial charge >= 0.3 is 35.5 Å². The van der Waals surface area contributed by atoms with Crippen LogP contribution in [0.2, 0.25) is 10.0 Å². The summed E-state index contributed by atoms with van der Waals surface area (Å²) in [4.78, 5) is 19.0. The zero-order valence-electron chi connectivity index (χ0n) is 9.78. The van der Waals surface area contributed by atoms with E-state index in [0.717, 1.165) is 6.92 Å². The average Bonchev–Trinajstić information content (AvgIpc) is 2.15.